The van der Waals surface area contributed by atoms with E-state index in [0.29, 0.717) is 5.65 Å². The van der Waals surface area contributed by atoms with Crippen LogP contribution in [0.1, 0.15) is 12.5 Å². The minimum Gasteiger partial charge on any atom is -0.449 e. The lowest BCUT2D eigenvalue weighted by Gasteiger charge is -2.21. The SMILES string of the molecule is C=CCN(C(=O)OCC)c1nc2ccccn2c(=O)c1/C=N/Nc1ccccc1. The van der Waals surface area contributed by atoms with Gasteiger partial charge in [-0.05, 0) is 31.2 Å². The normalized spacial score (nSPS) is 10.8. The van der Waals surface area contributed by atoms with Crippen LogP contribution in [0.15, 0.2) is 77.3 Å². The fraction of sp³-hybridized carbons (Fsp3) is 0.143. The van der Waals surface area contributed by atoms with Gasteiger partial charge in [0.25, 0.3) is 5.56 Å². The quantitative estimate of drug-likeness (QED) is 0.379. The van der Waals surface area contributed by atoms with E-state index in [1.165, 1.54) is 21.6 Å². The molecule has 0 atom stereocenters. The van der Waals surface area contributed by atoms with Gasteiger partial charge in [0.05, 0.1) is 18.5 Å². The summed E-state index contributed by atoms with van der Waals surface area (Å²) in [6.45, 7) is 5.70. The molecule has 0 radical (unpaired) electrons. The first-order valence-corrected chi connectivity index (χ1v) is 9.06. The summed E-state index contributed by atoms with van der Waals surface area (Å²) in [7, 11) is 0. The lowest BCUT2D eigenvalue weighted by atomic mass is 10.3. The number of rotatable bonds is 7. The Balaban J connectivity index is 2.10. The average Bonchev–Trinajstić information content (AvgIpc) is 2.74. The Morgan fingerprint density at radius 2 is 2.03 bits per heavy atom. The van der Waals surface area contributed by atoms with E-state index in [4.69, 9.17) is 4.74 Å². The number of hydrogen-bond acceptors (Lipinski definition) is 6. The van der Waals surface area contributed by atoms with Crippen molar-refractivity contribution in [3.05, 3.63) is 83.3 Å². The highest BCUT2D eigenvalue weighted by Crippen LogP contribution is 2.17. The van der Waals surface area contributed by atoms with Crippen LogP contribution >= 0.6 is 0 Å². The zero-order valence-electron chi connectivity index (χ0n) is 16.0. The molecule has 3 aromatic rings. The maximum atomic E-state index is 13.1. The molecule has 0 fully saturated rings. The summed E-state index contributed by atoms with van der Waals surface area (Å²) in [4.78, 5) is 31.3. The molecule has 0 aliphatic carbocycles. The van der Waals surface area contributed by atoms with Crippen molar-refractivity contribution >= 4 is 29.5 Å². The standard InChI is InChI=1S/C21H21N5O3/c1-3-13-26(21(28)29-4-2)19-17(15-22-24-16-10-6-5-7-11-16)20(27)25-14-9-8-12-18(25)23-19/h3,5-12,14-15,24H,1,4,13H2,2H3/b22-15+. The van der Waals surface area contributed by atoms with Gasteiger partial charge in [0, 0.05) is 12.7 Å². The molecule has 0 aliphatic heterocycles. The molecule has 29 heavy (non-hydrogen) atoms. The largest absolute Gasteiger partial charge is 0.449 e. The predicted molar refractivity (Wildman–Crippen MR) is 114 cm³/mol. The highest BCUT2D eigenvalue weighted by molar-refractivity contribution is 5.95. The molecule has 1 amide bonds. The summed E-state index contributed by atoms with van der Waals surface area (Å²) in [5, 5.41) is 4.16. The predicted octanol–water partition coefficient (Wildman–Crippen LogP) is 3.29. The third kappa shape index (κ3) is 4.49. The molecule has 148 valence electrons. The van der Waals surface area contributed by atoms with Gasteiger partial charge in [-0.15, -0.1) is 6.58 Å². The Morgan fingerprint density at radius 3 is 2.76 bits per heavy atom. The number of aromatic nitrogens is 2. The molecule has 8 nitrogen and oxygen atoms in total. The van der Waals surface area contributed by atoms with Gasteiger partial charge >= 0.3 is 6.09 Å². The van der Waals surface area contributed by atoms with Crippen molar-refractivity contribution in [2.24, 2.45) is 5.10 Å². The monoisotopic (exact) mass is 391 g/mol. The van der Waals surface area contributed by atoms with Gasteiger partial charge in [-0.3, -0.25) is 19.5 Å². The molecule has 2 aromatic heterocycles. The Labute approximate surface area is 167 Å². The van der Waals surface area contributed by atoms with Crippen LogP contribution in [0, 0.1) is 0 Å². The topological polar surface area (TPSA) is 88.3 Å². The first kappa shape index (κ1) is 19.8. The van der Waals surface area contributed by atoms with Crippen LogP contribution in [0.2, 0.25) is 0 Å². The smallest absolute Gasteiger partial charge is 0.415 e. The summed E-state index contributed by atoms with van der Waals surface area (Å²) in [6, 6.07) is 14.5. The highest BCUT2D eigenvalue weighted by atomic mass is 16.6. The molecule has 0 spiro atoms. The van der Waals surface area contributed by atoms with E-state index in [1.54, 1.807) is 31.3 Å². The first-order chi connectivity index (χ1) is 14.2. The number of pyridine rings is 1. The van der Waals surface area contributed by atoms with Crippen molar-refractivity contribution in [3.8, 4) is 0 Å². The highest BCUT2D eigenvalue weighted by Gasteiger charge is 2.23. The lowest BCUT2D eigenvalue weighted by Crippen LogP contribution is -2.36. The summed E-state index contributed by atoms with van der Waals surface area (Å²) in [5.74, 6) is 0.151. The molecule has 1 N–H and O–H groups in total. The molecular formula is C21H21N5O3. The fourth-order valence-corrected chi connectivity index (χ4v) is 2.67. The second-order valence-electron chi connectivity index (χ2n) is 5.92. The number of nitrogens with one attached hydrogen (secondary N) is 1. The number of hydrazone groups is 1. The van der Waals surface area contributed by atoms with Crippen molar-refractivity contribution in [1.29, 1.82) is 0 Å². The van der Waals surface area contributed by atoms with Crippen LogP contribution in [-0.4, -0.2) is 34.8 Å². The van der Waals surface area contributed by atoms with E-state index >= 15 is 0 Å². The number of amides is 1. The zero-order valence-corrected chi connectivity index (χ0v) is 16.0. The van der Waals surface area contributed by atoms with Crippen molar-refractivity contribution < 1.29 is 9.53 Å². The second-order valence-corrected chi connectivity index (χ2v) is 5.92. The van der Waals surface area contributed by atoms with Crippen LogP contribution in [0.4, 0.5) is 16.3 Å². The van der Waals surface area contributed by atoms with E-state index in [0.717, 1.165) is 5.69 Å². The number of anilines is 2. The number of hydrogen-bond donors (Lipinski definition) is 1. The molecule has 0 saturated heterocycles. The van der Waals surface area contributed by atoms with Crippen molar-refractivity contribution in [2.45, 2.75) is 6.92 Å². The van der Waals surface area contributed by atoms with Crippen molar-refractivity contribution in [3.63, 3.8) is 0 Å². The molecule has 0 aliphatic rings. The minimum absolute atomic E-state index is 0.126. The van der Waals surface area contributed by atoms with Gasteiger partial charge in [0.1, 0.15) is 11.2 Å². The Kier molecular flexibility index (Phi) is 6.36. The number of para-hydroxylation sites is 1. The van der Waals surface area contributed by atoms with Crippen LogP contribution in [0.3, 0.4) is 0 Å². The summed E-state index contributed by atoms with van der Waals surface area (Å²) in [5.41, 5.74) is 3.81. The number of fused-ring (bicyclic) bond motifs is 1. The summed E-state index contributed by atoms with van der Waals surface area (Å²) >= 11 is 0. The Hall–Kier alpha value is -3.94. The van der Waals surface area contributed by atoms with Gasteiger partial charge in [-0.2, -0.15) is 5.10 Å². The third-order valence-corrected chi connectivity index (χ3v) is 3.97. The third-order valence-electron chi connectivity index (χ3n) is 3.97. The Bertz CT molecular complexity index is 1090. The number of carbonyl (C=O) groups is 1. The molecule has 0 unspecified atom stereocenters. The minimum atomic E-state index is -0.620. The van der Waals surface area contributed by atoms with Crippen molar-refractivity contribution in [2.75, 3.05) is 23.5 Å². The molecule has 0 bridgehead atoms. The summed E-state index contributed by atoms with van der Waals surface area (Å²) < 4.78 is 6.52. The van der Waals surface area contributed by atoms with Gasteiger partial charge in [0.2, 0.25) is 0 Å². The molecular weight excluding hydrogens is 370 g/mol. The number of nitrogens with zero attached hydrogens (tertiary/aromatic N) is 4. The number of ether oxygens (including phenoxy) is 1. The van der Waals surface area contributed by atoms with E-state index < -0.39 is 6.09 Å². The molecule has 2 heterocycles. The van der Waals surface area contributed by atoms with Crippen LogP contribution < -0.4 is 15.9 Å². The van der Waals surface area contributed by atoms with E-state index in [-0.39, 0.29) is 30.1 Å². The van der Waals surface area contributed by atoms with Gasteiger partial charge in [-0.1, -0.05) is 30.3 Å². The maximum absolute atomic E-state index is 13.1. The van der Waals surface area contributed by atoms with E-state index in [1.807, 2.05) is 30.3 Å². The van der Waals surface area contributed by atoms with E-state index in [2.05, 4.69) is 22.1 Å². The van der Waals surface area contributed by atoms with Crippen LogP contribution in [0.25, 0.3) is 5.65 Å². The number of carbonyl (C=O) groups excluding carboxylic acids is 1. The van der Waals surface area contributed by atoms with Gasteiger partial charge in [0.15, 0.2) is 5.82 Å². The van der Waals surface area contributed by atoms with Crippen molar-refractivity contribution in [1.82, 2.24) is 9.38 Å². The zero-order chi connectivity index (χ0) is 20.6. The molecule has 3 rings (SSSR count). The number of benzene rings is 1. The Morgan fingerprint density at radius 1 is 1.28 bits per heavy atom. The molecule has 0 saturated carbocycles. The summed E-state index contributed by atoms with van der Waals surface area (Å²) in [6.07, 6.45) is 3.88. The van der Waals surface area contributed by atoms with Crippen LogP contribution in [-0.2, 0) is 4.74 Å². The lowest BCUT2D eigenvalue weighted by molar-refractivity contribution is 0.160. The maximum Gasteiger partial charge on any atom is 0.415 e. The van der Waals surface area contributed by atoms with Gasteiger partial charge in [-0.25, -0.2) is 9.78 Å². The van der Waals surface area contributed by atoms with E-state index in [9.17, 15) is 9.59 Å². The molecule has 8 heteroatoms. The average molecular weight is 391 g/mol. The first-order valence-electron chi connectivity index (χ1n) is 9.06. The molecule has 1 aromatic carbocycles. The van der Waals surface area contributed by atoms with Gasteiger partial charge < -0.3 is 4.74 Å². The second kappa shape index (κ2) is 9.32. The fourth-order valence-electron chi connectivity index (χ4n) is 2.67. The van der Waals surface area contributed by atoms with Crippen LogP contribution in [0.5, 0.6) is 0 Å².